The van der Waals surface area contributed by atoms with Gasteiger partial charge in [0.05, 0.1) is 19.8 Å². The molecular weight excluding hydrogens is 332 g/mol. The summed E-state index contributed by atoms with van der Waals surface area (Å²) in [4.78, 5) is 11.8. The Morgan fingerprint density at radius 3 is 2.15 bits per heavy atom. The predicted octanol–water partition coefficient (Wildman–Crippen LogP) is 3.56. The first-order valence-electron chi connectivity index (χ1n) is 9.56. The van der Waals surface area contributed by atoms with Crippen LogP contribution in [-0.2, 0) is 20.7 Å². The lowest BCUT2D eigenvalue weighted by Crippen LogP contribution is -2.32. The molecule has 1 N–H and O–H groups in total. The smallest absolute Gasteiger partial charge is 0.168 e. The molecule has 0 amide bonds. The maximum Gasteiger partial charge on any atom is 0.168 e. The first-order chi connectivity index (χ1) is 12.4. The molecule has 26 heavy (non-hydrogen) atoms. The quantitative estimate of drug-likeness (QED) is 0.481. The van der Waals surface area contributed by atoms with Crippen LogP contribution >= 0.6 is 0 Å². The number of carbonyl (C=O) groups excluding carboxylic acids is 1. The molecule has 0 fully saturated rings. The van der Waals surface area contributed by atoms with Crippen molar-refractivity contribution in [2.75, 3.05) is 33.0 Å². The number of carbonyl (C=O) groups is 1. The van der Waals surface area contributed by atoms with E-state index in [2.05, 4.69) is 6.92 Å². The lowest BCUT2D eigenvalue weighted by molar-refractivity contribution is -0.133. The summed E-state index contributed by atoms with van der Waals surface area (Å²) in [6.45, 7) is 8.20. The van der Waals surface area contributed by atoms with Crippen molar-refractivity contribution in [3.63, 3.8) is 0 Å². The molecule has 148 valence electrons. The topological polar surface area (TPSA) is 65.0 Å². The molecule has 0 saturated heterocycles. The van der Waals surface area contributed by atoms with Gasteiger partial charge < -0.3 is 19.3 Å². The SMILES string of the molecule is CCCCCCOCCOCCOc1ccc(CC(=O)C(C)(C)O)cc1. The summed E-state index contributed by atoms with van der Waals surface area (Å²) in [5, 5.41) is 9.67. The van der Waals surface area contributed by atoms with Gasteiger partial charge in [-0.2, -0.15) is 0 Å². The van der Waals surface area contributed by atoms with E-state index in [0.29, 0.717) is 26.4 Å². The molecule has 0 aromatic heterocycles. The summed E-state index contributed by atoms with van der Waals surface area (Å²) < 4.78 is 16.6. The molecule has 1 rings (SSSR count). The maximum absolute atomic E-state index is 11.8. The summed E-state index contributed by atoms with van der Waals surface area (Å²) in [5.41, 5.74) is -0.442. The van der Waals surface area contributed by atoms with E-state index in [9.17, 15) is 9.90 Å². The number of benzene rings is 1. The van der Waals surface area contributed by atoms with E-state index >= 15 is 0 Å². The van der Waals surface area contributed by atoms with Gasteiger partial charge in [0.25, 0.3) is 0 Å². The Hall–Kier alpha value is -1.43. The van der Waals surface area contributed by atoms with Crippen LogP contribution in [-0.4, -0.2) is 49.5 Å². The number of ketones is 1. The molecule has 0 aliphatic rings. The van der Waals surface area contributed by atoms with Crippen LogP contribution in [0.5, 0.6) is 5.75 Å². The average molecular weight is 366 g/mol. The van der Waals surface area contributed by atoms with Crippen LogP contribution in [0, 0.1) is 0 Å². The molecule has 0 radical (unpaired) electrons. The van der Waals surface area contributed by atoms with Crippen molar-refractivity contribution < 1.29 is 24.1 Å². The Balaban J connectivity index is 2.07. The van der Waals surface area contributed by atoms with E-state index in [1.165, 1.54) is 33.1 Å². The van der Waals surface area contributed by atoms with Gasteiger partial charge in [-0.1, -0.05) is 38.3 Å². The molecule has 1 aromatic rings. The Morgan fingerprint density at radius 2 is 1.54 bits per heavy atom. The lowest BCUT2D eigenvalue weighted by Gasteiger charge is -2.15. The normalized spacial score (nSPS) is 11.5. The van der Waals surface area contributed by atoms with Gasteiger partial charge in [0.15, 0.2) is 5.78 Å². The summed E-state index contributed by atoms with van der Waals surface area (Å²) in [6, 6.07) is 7.33. The fourth-order valence-electron chi connectivity index (χ4n) is 2.28. The van der Waals surface area contributed by atoms with Gasteiger partial charge in [-0.15, -0.1) is 0 Å². The van der Waals surface area contributed by atoms with Crippen LogP contribution in [0.2, 0.25) is 0 Å². The van der Waals surface area contributed by atoms with Crippen molar-refractivity contribution in [2.24, 2.45) is 0 Å². The minimum Gasteiger partial charge on any atom is -0.491 e. The molecule has 0 spiro atoms. The fraction of sp³-hybridized carbons (Fsp3) is 0.667. The van der Waals surface area contributed by atoms with E-state index in [1.807, 2.05) is 24.3 Å². The highest BCUT2D eigenvalue weighted by molar-refractivity contribution is 5.88. The van der Waals surface area contributed by atoms with Crippen molar-refractivity contribution in [1.82, 2.24) is 0 Å². The van der Waals surface area contributed by atoms with Gasteiger partial charge >= 0.3 is 0 Å². The molecule has 0 unspecified atom stereocenters. The van der Waals surface area contributed by atoms with E-state index in [-0.39, 0.29) is 12.2 Å². The molecule has 0 bridgehead atoms. The van der Waals surface area contributed by atoms with Crippen molar-refractivity contribution in [3.8, 4) is 5.75 Å². The van der Waals surface area contributed by atoms with Gasteiger partial charge in [0.1, 0.15) is 18.0 Å². The first kappa shape index (κ1) is 22.6. The van der Waals surface area contributed by atoms with Crippen LogP contribution in [0.3, 0.4) is 0 Å². The molecule has 0 heterocycles. The molecular formula is C21H34O5. The summed E-state index contributed by atoms with van der Waals surface area (Å²) in [5.74, 6) is 0.535. The molecule has 0 atom stereocenters. The molecule has 5 heteroatoms. The molecule has 1 aromatic carbocycles. The highest BCUT2D eigenvalue weighted by Crippen LogP contribution is 2.15. The van der Waals surface area contributed by atoms with E-state index in [0.717, 1.165) is 24.3 Å². The third-order valence-electron chi connectivity index (χ3n) is 3.98. The molecule has 5 nitrogen and oxygen atoms in total. The molecule has 0 saturated carbocycles. The van der Waals surface area contributed by atoms with Gasteiger partial charge in [-0.05, 0) is 38.0 Å². The van der Waals surface area contributed by atoms with Crippen LogP contribution in [0.25, 0.3) is 0 Å². The first-order valence-corrected chi connectivity index (χ1v) is 9.56. The fourth-order valence-corrected chi connectivity index (χ4v) is 2.28. The highest BCUT2D eigenvalue weighted by Gasteiger charge is 2.23. The minimum atomic E-state index is -1.30. The van der Waals surface area contributed by atoms with Crippen LogP contribution in [0.4, 0.5) is 0 Å². The number of hydrogen-bond acceptors (Lipinski definition) is 5. The molecule has 0 aliphatic heterocycles. The zero-order valence-electron chi connectivity index (χ0n) is 16.5. The Kier molecular flexibility index (Phi) is 11.2. The highest BCUT2D eigenvalue weighted by atomic mass is 16.5. The second-order valence-corrected chi connectivity index (χ2v) is 6.94. The third-order valence-corrected chi connectivity index (χ3v) is 3.98. The number of ether oxygens (including phenoxy) is 3. The summed E-state index contributed by atoms with van der Waals surface area (Å²) >= 11 is 0. The van der Waals surface area contributed by atoms with Gasteiger partial charge in [-0.3, -0.25) is 4.79 Å². The summed E-state index contributed by atoms with van der Waals surface area (Å²) in [6.07, 6.45) is 5.08. The minimum absolute atomic E-state index is 0.202. The summed E-state index contributed by atoms with van der Waals surface area (Å²) in [7, 11) is 0. The number of Topliss-reactive ketones (excluding diaryl/α,β-unsaturated/α-hetero) is 1. The monoisotopic (exact) mass is 366 g/mol. The van der Waals surface area contributed by atoms with Crippen molar-refractivity contribution >= 4 is 5.78 Å². The maximum atomic E-state index is 11.8. The number of aliphatic hydroxyl groups is 1. The second-order valence-electron chi connectivity index (χ2n) is 6.94. The van der Waals surface area contributed by atoms with Crippen molar-refractivity contribution in [2.45, 2.75) is 58.5 Å². The van der Waals surface area contributed by atoms with Crippen LogP contribution in [0.1, 0.15) is 52.0 Å². The zero-order valence-corrected chi connectivity index (χ0v) is 16.5. The Labute approximate surface area is 157 Å². The van der Waals surface area contributed by atoms with Crippen molar-refractivity contribution in [1.29, 1.82) is 0 Å². The van der Waals surface area contributed by atoms with Crippen LogP contribution in [0.15, 0.2) is 24.3 Å². The van der Waals surface area contributed by atoms with Crippen molar-refractivity contribution in [3.05, 3.63) is 29.8 Å². The zero-order chi connectivity index (χ0) is 19.3. The third kappa shape index (κ3) is 10.5. The number of unbranched alkanes of at least 4 members (excludes halogenated alkanes) is 3. The average Bonchev–Trinajstić information content (AvgIpc) is 2.60. The van der Waals surface area contributed by atoms with E-state index in [1.54, 1.807) is 0 Å². The largest absolute Gasteiger partial charge is 0.491 e. The van der Waals surface area contributed by atoms with Crippen LogP contribution < -0.4 is 4.74 Å². The molecule has 0 aliphatic carbocycles. The van der Waals surface area contributed by atoms with E-state index < -0.39 is 5.60 Å². The second kappa shape index (κ2) is 12.8. The Bertz CT molecular complexity index is 490. The van der Waals surface area contributed by atoms with Gasteiger partial charge in [0, 0.05) is 13.0 Å². The number of hydrogen-bond donors (Lipinski definition) is 1. The predicted molar refractivity (Wildman–Crippen MR) is 103 cm³/mol. The standard InChI is InChI=1S/C21H34O5/c1-4-5-6-7-12-24-13-14-25-15-16-26-19-10-8-18(9-11-19)17-20(22)21(2,3)23/h8-11,23H,4-7,12-17H2,1-3H3. The van der Waals surface area contributed by atoms with Gasteiger partial charge in [0.2, 0.25) is 0 Å². The lowest BCUT2D eigenvalue weighted by atomic mass is 9.97. The van der Waals surface area contributed by atoms with Gasteiger partial charge in [-0.25, -0.2) is 0 Å². The number of rotatable bonds is 15. The Morgan fingerprint density at radius 1 is 0.923 bits per heavy atom. The van der Waals surface area contributed by atoms with E-state index in [4.69, 9.17) is 14.2 Å².